The average Bonchev–Trinajstić information content (AvgIpc) is 2.37. The molecule has 0 unspecified atom stereocenters. The summed E-state index contributed by atoms with van der Waals surface area (Å²) < 4.78 is 0. The van der Waals surface area contributed by atoms with E-state index >= 15 is 0 Å². The molecule has 0 radical (unpaired) electrons. The largest absolute Gasteiger partial charge is 0.310 e. The van der Waals surface area contributed by atoms with Gasteiger partial charge in [-0.3, -0.25) is 0 Å². The lowest BCUT2D eigenvalue weighted by Crippen LogP contribution is -2.25. The van der Waals surface area contributed by atoms with E-state index < -0.39 is 0 Å². The molecule has 1 N–H and O–H groups in total. The molecule has 3 nitrogen and oxygen atoms in total. The van der Waals surface area contributed by atoms with Gasteiger partial charge in [0.05, 0.1) is 0 Å². The SMILES string of the molecule is CC(C)NCc1ccccc1CN(C)CCCN(C)C. The molecule has 1 rings (SSSR count). The standard InChI is InChI=1S/C17H31N3/c1-15(2)18-13-16-9-6-7-10-17(16)14-20(5)12-8-11-19(3)4/h6-7,9-10,15,18H,8,11-14H2,1-5H3. The van der Waals surface area contributed by atoms with Gasteiger partial charge < -0.3 is 15.1 Å². The van der Waals surface area contributed by atoms with E-state index in [1.165, 1.54) is 17.5 Å². The fourth-order valence-corrected chi connectivity index (χ4v) is 2.22. The van der Waals surface area contributed by atoms with Gasteiger partial charge in [0, 0.05) is 19.1 Å². The number of nitrogens with zero attached hydrogens (tertiary/aromatic N) is 2. The van der Waals surface area contributed by atoms with Crippen LogP contribution in [0.4, 0.5) is 0 Å². The number of hydrogen-bond acceptors (Lipinski definition) is 3. The maximum atomic E-state index is 3.51. The zero-order chi connectivity index (χ0) is 15.0. The molecule has 0 saturated carbocycles. The van der Waals surface area contributed by atoms with Crippen molar-refractivity contribution in [3.8, 4) is 0 Å². The quantitative estimate of drug-likeness (QED) is 0.748. The zero-order valence-corrected chi connectivity index (χ0v) is 13.8. The minimum Gasteiger partial charge on any atom is -0.310 e. The normalized spacial score (nSPS) is 11.8. The Hall–Kier alpha value is -0.900. The number of hydrogen-bond donors (Lipinski definition) is 1. The van der Waals surface area contributed by atoms with Gasteiger partial charge in [-0.2, -0.15) is 0 Å². The van der Waals surface area contributed by atoms with E-state index in [0.29, 0.717) is 6.04 Å². The van der Waals surface area contributed by atoms with Crippen LogP contribution in [0, 0.1) is 0 Å². The Labute approximate surface area is 125 Å². The topological polar surface area (TPSA) is 18.5 Å². The van der Waals surface area contributed by atoms with E-state index in [1.807, 2.05) is 0 Å². The first-order valence-electron chi connectivity index (χ1n) is 7.62. The number of benzene rings is 1. The molecule has 0 fully saturated rings. The third kappa shape index (κ3) is 7.04. The summed E-state index contributed by atoms with van der Waals surface area (Å²) in [7, 11) is 6.47. The van der Waals surface area contributed by atoms with Gasteiger partial charge in [0.25, 0.3) is 0 Å². The van der Waals surface area contributed by atoms with Crippen LogP contribution in [0.3, 0.4) is 0 Å². The molecule has 0 spiro atoms. The van der Waals surface area contributed by atoms with Crippen molar-refractivity contribution in [2.75, 3.05) is 34.2 Å². The minimum absolute atomic E-state index is 0.529. The van der Waals surface area contributed by atoms with E-state index in [2.05, 4.69) is 74.4 Å². The van der Waals surface area contributed by atoms with Gasteiger partial charge in [0.15, 0.2) is 0 Å². The van der Waals surface area contributed by atoms with Crippen LogP contribution in [0.25, 0.3) is 0 Å². The number of nitrogens with one attached hydrogen (secondary N) is 1. The lowest BCUT2D eigenvalue weighted by molar-refractivity contribution is 0.293. The summed E-state index contributed by atoms with van der Waals surface area (Å²) in [6, 6.07) is 9.29. The zero-order valence-electron chi connectivity index (χ0n) is 13.8. The van der Waals surface area contributed by atoms with Crippen LogP contribution in [0.15, 0.2) is 24.3 Å². The van der Waals surface area contributed by atoms with E-state index in [0.717, 1.165) is 26.2 Å². The predicted octanol–water partition coefficient (Wildman–Crippen LogP) is 2.57. The molecule has 0 bridgehead atoms. The Balaban J connectivity index is 2.49. The van der Waals surface area contributed by atoms with Crippen LogP contribution in [-0.2, 0) is 13.1 Å². The highest BCUT2D eigenvalue weighted by molar-refractivity contribution is 5.27. The molecule has 20 heavy (non-hydrogen) atoms. The van der Waals surface area contributed by atoms with Gasteiger partial charge in [-0.25, -0.2) is 0 Å². The van der Waals surface area contributed by atoms with Crippen LogP contribution in [0.2, 0.25) is 0 Å². The van der Waals surface area contributed by atoms with Crippen LogP contribution in [-0.4, -0.2) is 50.1 Å². The summed E-state index contributed by atoms with van der Waals surface area (Å²) in [5.41, 5.74) is 2.86. The van der Waals surface area contributed by atoms with Crippen LogP contribution >= 0.6 is 0 Å². The van der Waals surface area contributed by atoms with E-state index in [1.54, 1.807) is 0 Å². The highest BCUT2D eigenvalue weighted by Gasteiger charge is 2.06. The maximum absolute atomic E-state index is 3.51. The van der Waals surface area contributed by atoms with Crippen LogP contribution in [0.5, 0.6) is 0 Å². The third-order valence-corrected chi connectivity index (χ3v) is 3.40. The van der Waals surface area contributed by atoms with Gasteiger partial charge in [0.2, 0.25) is 0 Å². The molecule has 114 valence electrons. The molecule has 0 aromatic heterocycles. The highest BCUT2D eigenvalue weighted by atomic mass is 15.1. The van der Waals surface area contributed by atoms with Crippen molar-refractivity contribution < 1.29 is 0 Å². The number of rotatable bonds is 9. The molecule has 3 heteroatoms. The average molecular weight is 277 g/mol. The second-order valence-electron chi connectivity index (χ2n) is 6.20. The van der Waals surface area contributed by atoms with Crippen molar-refractivity contribution in [3.63, 3.8) is 0 Å². The minimum atomic E-state index is 0.529. The Bertz CT molecular complexity index is 374. The summed E-state index contributed by atoms with van der Waals surface area (Å²) in [5.74, 6) is 0. The lowest BCUT2D eigenvalue weighted by atomic mass is 10.1. The van der Waals surface area contributed by atoms with Crippen LogP contribution in [0.1, 0.15) is 31.4 Å². The van der Waals surface area contributed by atoms with Crippen molar-refractivity contribution in [2.24, 2.45) is 0 Å². The van der Waals surface area contributed by atoms with Gasteiger partial charge in [0.1, 0.15) is 0 Å². The molecular formula is C17H31N3. The van der Waals surface area contributed by atoms with Gasteiger partial charge in [-0.1, -0.05) is 38.1 Å². The van der Waals surface area contributed by atoms with Gasteiger partial charge in [-0.15, -0.1) is 0 Å². The molecule has 1 aromatic carbocycles. The Morgan fingerprint density at radius 1 is 1.00 bits per heavy atom. The van der Waals surface area contributed by atoms with Crippen molar-refractivity contribution in [1.29, 1.82) is 0 Å². The molecule has 0 heterocycles. The second-order valence-corrected chi connectivity index (χ2v) is 6.20. The molecule has 0 saturated heterocycles. The summed E-state index contributed by atoms with van der Waals surface area (Å²) in [4.78, 5) is 4.66. The Morgan fingerprint density at radius 3 is 2.25 bits per heavy atom. The van der Waals surface area contributed by atoms with Gasteiger partial charge >= 0.3 is 0 Å². The van der Waals surface area contributed by atoms with Gasteiger partial charge in [-0.05, 0) is 51.8 Å². The monoisotopic (exact) mass is 277 g/mol. The first-order valence-corrected chi connectivity index (χ1v) is 7.62. The summed E-state index contributed by atoms with van der Waals surface area (Å²) in [6.07, 6.45) is 1.22. The molecular weight excluding hydrogens is 246 g/mol. The summed E-state index contributed by atoms with van der Waals surface area (Å²) in [5, 5.41) is 3.51. The molecule has 1 aromatic rings. The van der Waals surface area contributed by atoms with Crippen molar-refractivity contribution in [3.05, 3.63) is 35.4 Å². The maximum Gasteiger partial charge on any atom is 0.0233 e. The Kier molecular flexibility index (Phi) is 7.82. The Morgan fingerprint density at radius 2 is 1.65 bits per heavy atom. The third-order valence-electron chi connectivity index (χ3n) is 3.40. The molecule has 0 amide bonds. The van der Waals surface area contributed by atoms with Crippen molar-refractivity contribution in [1.82, 2.24) is 15.1 Å². The van der Waals surface area contributed by atoms with Crippen LogP contribution < -0.4 is 5.32 Å². The molecule has 0 aliphatic rings. The summed E-state index contributed by atoms with van der Waals surface area (Å²) in [6.45, 7) is 8.67. The van der Waals surface area contributed by atoms with E-state index in [-0.39, 0.29) is 0 Å². The second kappa shape index (κ2) is 9.11. The predicted molar refractivity (Wildman–Crippen MR) is 87.9 cm³/mol. The first kappa shape index (κ1) is 17.2. The molecule has 0 atom stereocenters. The fourth-order valence-electron chi connectivity index (χ4n) is 2.22. The molecule has 0 aliphatic carbocycles. The summed E-state index contributed by atoms with van der Waals surface area (Å²) >= 11 is 0. The lowest BCUT2D eigenvalue weighted by Gasteiger charge is -2.20. The molecule has 0 aliphatic heterocycles. The fraction of sp³-hybridized carbons (Fsp3) is 0.647. The smallest absolute Gasteiger partial charge is 0.0233 e. The van der Waals surface area contributed by atoms with Crippen molar-refractivity contribution >= 4 is 0 Å². The highest BCUT2D eigenvalue weighted by Crippen LogP contribution is 2.11. The van der Waals surface area contributed by atoms with E-state index in [9.17, 15) is 0 Å². The van der Waals surface area contributed by atoms with Crippen molar-refractivity contribution in [2.45, 2.75) is 39.4 Å². The van der Waals surface area contributed by atoms with E-state index in [4.69, 9.17) is 0 Å². The first-order chi connectivity index (χ1) is 9.49.